The van der Waals surface area contributed by atoms with E-state index in [1.807, 2.05) is 0 Å². The Bertz CT molecular complexity index is 891. The van der Waals surface area contributed by atoms with Gasteiger partial charge in [-0.1, -0.05) is 13.0 Å². The molecule has 7 nitrogen and oxygen atoms in total. The molecule has 8 heteroatoms. The molecule has 2 amide bonds. The van der Waals surface area contributed by atoms with E-state index in [1.165, 1.54) is 35.6 Å². The lowest BCUT2D eigenvalue weighted by atomic mass is 9.88. The van der Waals surface area contributed by atoms with Gasteiger partial charge in [0, 0.05) is 29.6 Å². The molecule has 1 aromatic carbocycles. The number of rotatable bonds is 4. The number of carbonyl (C=O) groups is 2. The summed E-state index contributed by atoms with van der Waals surface area (Å²) in [5, 5.41) is 16.8. The molecule has 0 aliphatic heterocycles. The van der Waals surface area contributed by atoms with Gasteiger partial charge < -0.3 is 10.6 Å². The van der Waals surface area contributed by atoms with Crippen LogP contribution in [0.5, 0.6) is 0 Å². The zero-order valence-electron chi connectivity index (χ0n) is 14.5. The molecule has 0 saturated carbocycles. The van der Waals surface area contributed by atoms with E-state index in [4.69, 9.17) is 0 Å². The molecule has 2 aromatic rings. The number of nitro benzene ring substituents is 1. The van der Waals surface area contributed by atoms with E-state index in [2.05, 4.69) is 17.6 Å². The van der Waals surface area contributed by atoms with Crippen molar-refractivity contribution in [2.24, 2.45) is 5.92 Å². The van der Waals surface area contributed by atoms with Crippen molar-refractivity contribution < 1.29 is 14.5 Å². The van der Waals surface area contributed by atoms with E-state index in [0.29, 0.717) is 16.5 Å². The predicted molar refractivity (Wildman–Crippen MR) is 99.9 cm³/mol. The Morgan fingerprint density at radius 3 is 2.77 bits per heavy atom. The van der Waals surface area contributed by atoms with Crippen molar-refractivity contribution in [2.75, 3.05) is 12.4 Å². The van der Waals surface area contributed by atoms with Crippen LogP contribution in [0.25, 0.3) is 0 Å². The minimum absolute atomic E-state index is 0.150. The lowest BCUT2D eigenvalue weighted by molar-refractivity contribution is -0.384. The van der Waals surface area contributed by atoms with Crippen LogP contribution in [-0.2, 0) is 12.8 Å². The molecule has 2 N–H and O–H groups in total. The van der Waals surface area contributed by atoms with Gasteiger partial charge in [-0.25, -0.2) is 0 Å². The summed E-state index contributed by atoms with van der Waals surface area (Å²) in [6.07, 6.45) is 2.70. The van der Waals surface area contributed by atoms with Crippen LogP contribution >= 0.6 is 11.3 Å². The number of hydrogen-bond acceptors (Lipinski definition) is 5. The summed E-state index contributed by atoms with van der Waals surface area (Å²) in [4.78, 5) is 36.4. The van der Waals surface area contributed by atoms with Crippen molar-refractivity contribution in [3.8, 4) is 0 Å². The van der Waals surface area contributed by atoms with Gasteiger partial charge in [-0.2, -0.15) is 0 Å². The molecule has 1 atom stereocenters. The molecule has 1 unspecified atom stereocenters. The molecule has 0 spiro atoms. The lowest BCUT2D eigenvalue weighted by Crippen LogP contribution is -2.22. The summed E-state index contributed by atoms with van der Waals surface area (Å²) < 4.78 is 0. The highest BCUT2D eigenvalue weighted by Crippen LogP contribution is 2.39. The van der Waals surface area contributed by atoms with Crippen LogP contribution in [0.4, 0.5) is 10.7 Å². The van der Waals surface area contributed by atoms with Gasteiger partial charge in [0.05, 0.1) is 10.5 Å². The fraction of sp³-hybridized carbons (Fsp3) is 0.333. The third-order valence-corrected chi connectivity index (χ3v) is 5.68. The van der Waals surface area contributed by atoms with Crippen LogP contribution < -0.4 is 10.6 Å². The number of nitro groups is 1. The number of hydrogen-bond donors (Lipinski definition) is 2. The number of benzene rings is 1. The van der Waals surface area contributed by atoms with Crippen molar-refractivity contribution in [2.45, 2.75) is 26.2 Å². The van der Waals surface area contributed by atoms with Crippen LogP contribution in [0.2, 0.25) is 0 Å². The van der Waals surface area contributed by atoms with Crippen molar-refractivity contribution in [1.29, 1.82) is 0 Å². The van der Waals surface area contributed by atoms with Crippen molar-refractivity contribution in [3.63, 3.8) is 0 Å². The molecule has 1 aromatic heterocycles. The van der Waals surface area contributed by atoms with E-state index < -0.39 is 10.8 Å². The molecule has 0 bridgehead atoms. The highest BCUT2D eigenvalue weighted by atomic mass is 32.1. The average Bonchev–Trinajstić information content (AvgIpc) is 2.97. The molecular weight excluding hydrogens is 354 g/mol. The lowest BCUT2D eigenvalue weighted by Gasteiger charge is -2.18. The SMILES string of the molecule is CNC(=O)c1c(NC(=O)c2cccc([N+](=O)[O-])c2)sc2c1CCC(C)C2. The molecule has 1 aliphatic carbocycles. The summed E-state index contributed by atoms with van der Waals surface area (Å²) in [6, 6.07) is 5.54. The van der Waals surface area contributed by atoms with Gasteiger partial charge >= 0.3 is 0 Å². The van der Waals surface area contributed by atoms with Gasteiger partial charge in [-0.15, -0.1) is 11.3 Å². The highest BCUT2D eigenvalue weighted by Gasteiger charge is 2.28. The first-order valence-electron chi connectivity index (χ1n) is 8.33. The number of anilines is 1. The standard InChI is InChI=1S/C18H19N3O4S/c1-10-6-7-13-14(8-10)26-18(15(13)17(23)19-2)20-16(22)11-4-3-5-12(9-11)21(24)25/h3-5,9-10H,6-8H2,1-2H3,(H,19,23)(H,20,22). The van der Waals surface area contributed by atoms with Crippen LogP contribution in [0.3, 0.4) is 0 Å². The Kier molecular flexibility index (Phi) is 5.03. The van der Waals surface area contributed by atoms with Gasteiger partial charge in [0.15, 0.2) is 0 Å². The smallest absolute Gasteiger partial charge is 0.270 e. The first-order valence-corrected chi connectivity index (χ1v) is 9.14. The van der Waals surface area contributed by atoms with Crippen LogP contribution in [0.15, 0.2) is 24.3 Å². The number of nitrogens with one attached hydrogen (secondary N) is 2. The Hall–Kier alpha value is -2.74. The van der Waals surface area contributed by atoms with Gasteiger partial charge in [-0.3, -0.25) is 19.7 Å². The van der Waals surface area contributed by atoms with E-state index >= 15 is 0 Å². The third-order valence-electron chi connectivity index (χ3n) is 4.51. The number of fused-ring (bicyclic) bond motifs is 1. The van der Waals surface area contributed by atoms with Crippen LogP contribution in [-0.4, -0.2) is 23.8 Å². The first kappa shape index (κ1) is 18.1. The molecule has 1 aliphatic rings. The van der Waals surface area contributed by atoms with E-state index in [9.17, 15) is 19.7 Å². The van der Waals surface area contributed by atoms with E-state index in [-0.39, 0.29) is 17.2 Å². The molecule has 0 saturated heterocycles. The molecule has 3 rings (SSSR count). The fourth-order valence-electron chi connectivity index (χ4n) is 3.14. The highest BCUT2D eigenvalue weighted by molar-refractivity contribution is 7.17. The summed E-state index contributed by atoms with van der Waals surface area (Å²) in [6.45, 7) is 2.17. The quantitative estimate of drug-likeness (QED) is 0.633. The topological polar surface area (TPSA) is 101 Å². The Morgan fingerprint density at radius 1 is 1.31 bits per heavy atom. The Morgan fingerprint density at radius 2 is 2.08 bits per heavy atom. The van der Waals surface area contributed by atoms with Crippen LogP contribution in [0, 0.1) is 16.0 Å². The summed E-state index contributed by atoms with van der Waals surface area (Å²) in [5.74, 6) is -0.157. The number of nitrogens with zero attached hydrogens (tertiary/aromatic N) is 1. The Balaban J connectivity index is 1.94. The summed E-state index contributed by atoms with van der Waals surface area (Å²) >= 11 is 1.42. The van der Waals surface area contributed by atoms with Gasteiger partial charge in [0.2, 0.25) is 0 Å². The Labute approximate surface area is 154 Å². The fourth-order valence-corrected chi connectivity index (χ4v) is 4.54. The molecular formula is C18H19N3O4S. The van der Waals surface area contributed by atoms with Gasteiger partial charge in [-0.05, 0) is 36.8 Å². The molecule has 0 radical (unpaired) electrons. The van der Waals surface area contributed by atoms with Crippen molar-refractivity contribution in [1.82, 2.24) is 5.32 Å². The molecule has 0 fully saturated rings. The summed E-state index contributed by atoms with van der Waals surface area (Å²) in [5.41, 5.74) is 1.55. The molecule has 26 heavy (non-hydrogen) atoms. The van der Waals surface area contributed by atoms with E-state index in [0.717, 1.165) is 29.7 Å². The second-order valence-electron chi connectivity index (χ2n) is 6.40. The molecule has 1 heterocycles. The maximum Gasteiger partial charge on any atom is 0.270 e. The third kappa shape index (κ3) is 3.45. The zero-order valence-corrected chi connectivity index (χ0v) is 15.3. The maximum atomic E-state index is 12.6. The second kappa shape index (κ2) is 7.25. The van der Waals surface area contributed by atoms with Crippen molar-refractivity contribution >= 4 is 33.8 Å². The number of non-ortho nitro benzene ring substituents is 1. The van der Waals surface area contributed by atoms with Crippen LogP contribution in [0.1, 0.15) is 44.5 Å². The maximum absolute atomic E-state index is 12.6. The number of thiophene rings is 1. The normalized spacial score (nSPS) is 15.8. The van der Waals surface area contributed by atoms with Crippen molar-refractivity contribution in [3.05, 3.63) is 55.9 Å². The monoisotopic (exact) mass is 373 g/mol. The summed E-state index contributed by atoms with van der Waals surface area (Å²) in [7, 11) is 1.56. The number of amides is 2. The van der Waals surface area contributed by atoms with Gasteiger partial charge in [0.25, 0.3) is 17.5 Å². The number of carbonyl (C=O) groups excluding carboxylic acids is 2. The van der Waals surface area contributed by atoms with Gasteiger partial charge in [0.1, 0.15) is 5.00 Å². The van der Waals surface area contributed by atoms with E-state index in [1.54, 1.807) is 7.05 Å². The minimum atomic E-state index is -0.544. The first-order chi connectivity index (χ1) is 12.4. The second-order valence-corrected chi connectivity index (χ2v) is 7.50. The zero-order chi connectivity index (χ0) is 18.8. The predicted octanol–water partition coefficient (Wildman–Crippen LogP) is 3.39. The molecule has 136 valence electrons. The minimum Gasteiger partial charge on any atom is -0.355 e. The largest absolute Gasteiger partial charge is 0.355 e. The average molecular weight is 373 g/mol.